The quantitative estimate of drug-likeness (QED) is 0.458. The van der Waals surface area contributed by atoms with Crippen molar-refractivity contribution in [3.8, 4) is 22.5 Å². The highest BCUT2D eigenvalue weighted by molar-refractivity contribution is 6.32. The van der Waals surface area contributed by atoms with Crippen LogP contribution in [0.5, 0.6) is 0 Å². The summed E-state index contributed by atoms with van der Waals surface area (Å²) in [6.45, 7) is 0. The number of carbonyl (C=O) groups is 1. The molecule has 2 aromatic rings. The van der Waals surface area contributed by atoms with E-state index in [1.165, 1.54) is 18.2 Å². The van der Waals surface area contributed by atoms with Gasteiger partial charge in [0, 0.05) is 27.6 Å². The first-order chi connectivity index (χ1) is 12.5. The monoisotopic (exact) mass is 384 g/mol. The summed E-state index contributed by atoms with van der Waals surface area (Å²) in [4.78, 5) is 23.7. The third-order valence-corrected chi connectivity index (χ3v) is 4.69. The normalized spacial score (nSPS) is 11.2. The van der Waals surface area contributed by atoms with Crippen molar-refractivity contribution < 1.29 is 14.3 Å². The van der Waals surface area contributed by atoms with Gasteiger partial charge in [0.2, 0.25) is 5.43 Å². The van der Waals surface area contributed by atoms with Crippen LogP contribution in [0.15, 0.2) is 63.8 Å². The Morgan fingerprint density at radius 1 is 0.962 bits per heavy atom. The Hall–Kier alpha value is -2.82. The zero-order chi connectivity index (χ0) is 18.4. The summed E-state index contributed by atoms with van der Waals surface area (Å²) in [7, 11) is 0. The number of hydrogen-bond donors (Lipinski definition) is 1. The Morgan fingerprint density at radius 2 is 1.73 bits per heavy atom. The van der Waals surface area contributed by atoms with Gasteiger partial charge in [-0.15, -0.1) is 0 Å². The Morgan fingerprint density at radius 3 is 2.50 bits per heavy atom. The SMILES string of the molecule is O=C(O)c1ccccc1-c1c2cc(Cl)c(=O)cc-2oc2ccc(Cl)cc12. The number of hydrogen-bond acceptors (Lipinski definition) is 3. The van der Waals surface area contributed by atoms with Crippen molar-refractivity contribution in [2.24, 2.45) is 0 Å². The number of carboxylic acid groups (broad SMARTS) is 1. The summed E-state index contributed by atoms with van der Waals surface area (Å²) in [6.07, 6.45) is 0. The molecule has 1 N–H and O–H groups in total. The van der Waals surface area contributed by atoms with Gasteiger partial charge in [0.15, 0.2) is 0 Å². The number of fused-ring (bicyclic) bond motifs is 2. The molecule has 1 aliphatic heterocycles. The first-order valence-corrected chi connectivity index (χ1v) is 8.39. The first-order valence-electron chi connectivity index (χ1n) is 7.64. The number of carboxylic acids is 1. The second-order valence-electron chi connectivity index (χ2n) is 5.75. The molecule has 0 bridgehead atoms. The zero-order valence-corrected chi connectivity index (χ0v) is 14.6. The molecule has 0 spiro atoms. The molecule has 0 atom stereocenters. The lowest BCUT2D eigenvalue weighted by Gasteiger charge is -2.17. The average molecular weight is 385 g/mol. The molecule has 0 unspecified atom stereocenters. The highest BCUT2D eigenvalue weighted by Crippen LogP contribution is 2.42. The highest BCUT2D eigenvalue weighted by atomic mass is 35.5. The van der Waals surface area contributed by atoms with Gasteiger partial charge in [0.25, 0.3) is 0 Å². The largest absolute Gasteiger partial charge is 0.478 e. The molecule has 2 aliphatic rings. The topological polar surface area (TPSA) is 67.5 Å². The maximum atomic E-state index is 11.9. The van der Waals surface area contributed by atoms with Crippen molar-refractivity contribution in [2.75, 3.05) is 0 Å². The summed E-state index contributed by atoms with van der Waals surface area (Å²) in [5, 5.41) is 10.7. The van der Waals surface area contributed by atoms with E-state index in [1.54, 1.807) is 36.4 Å². The molecule has 0 saturated heterocycles. The average Bonchev–Trinajstić information content (AvgIpc) is 2.61. The van der Waals surface area contributed by atoms with Crippen LogP contribution in [0.25, 0.3) is 33.4 Å². The van der Waals surface area contributed by atoms with Crippen molar-refractivity contribution in [2.45, 2.75) is 0 Å². The van der Waals surface area contributed by atoms with E-state index in [9.17, 15) is 14.7 Å². The number of benzene rings is 3. The van der Waals surface area contributed by atoms with Gasteiger partial charge in [-0.1, -0.05) is 41.4 Å². The second-order valence-corrected chi connectivity index (χ2v) is 6.59. The van der Waals surface area contributed by atoms with Crippen molar-refractivity contribution in [3.05, 3.63) is 80.4 Å². The minimum atomic E-state index is -1.06. The summed E-state index contributed by atoms with van der Waals surface area (Å²) in [5.41, 5.74) is 1.88. The van der Waals surface area contributed by atoms with Crippen molar-refractivity contribution in [1.29, 1.82) is 0 Å². The highest BCUT2D eigenvalue weighted by Gasteiger charge is 2.22. The molecule has 0 radical (unpaired) electrons. The smallest absolute Gasteiger partial charge is 0.336 e. The van der Waals surface area contributed by atoms with Crippen LogP contribution in [0.1, 0.15) is 10.4 Å². The molecular formula is C20H10Cl2O4. The Labute approximate surface area is 157 Å². The van der Waals surface area contributed by atoms with Crippen LogP contribution in [0.2, 0.25) is 10.0 Å². The van der Waals surface area contributed by atoms with E-state index in [0.29, 0.717) is 38.4 Å². The fraction of sp³-hybridized carbons (Fsp3) is 0. The Balaban J connectivity index is 2.25. The van der Waals surface area contributed by atoms with Crippen LogP contribution in [0, 0.1) is 0 Å². The molecule has 0 aromatic heterocycles. The van der Waals surface area contributed by atoms with E-state index in [2.05, 4.69) is 0 Å². The molecule has 0 fully saturated rings. The Bertz CT molecular complexity index is 1210. The zero-order valence-electron chi connectivity index (χ0n) is 13.1. The minimum absolute atomic E-state index is 0.0307. The van der Waals surface area contributed by atoms with Crippen LogP contribution < -0.4 is 5.43 Å². The van der Waals surface area contributed by atoms with Crippen LogP contribution in [0.3, 0.4) is 0 Å². The molecule has 1 aliphatic carbocycles. The molecule has 4 nitrogen and oxygen atoms in total. The van der Waals surface area contributed by atoms with Gasteiger partial charge in [0.05, 0.1) is 10.6 Å². The summed E-state index contributed by atoms with van der Waals surface area (Å²) >= 11 is 12.2. The lowest BCUT2D eigenvalue weighted by Crippen LogP contribution is -2.04. The number of halogens is 2. The molecule has 4 rings (SSSR count). The van der Waals surface area contributed by atoms with Crippen molar-refractivity contribution in [3.63, 3.8) is 0 Å². The number of aromatic carboxylic acids is 1. The lowest BCUT2D eigenvalue weighted by molar-refractivity contribution is 0.0697. The van der Waals surface area contributed by atoms with Crippen LogP contribution in [-0.4, -0.2) is 11.1 Å². The molecule has 2 aromatic carbocycles. The van der Waals surface area contributed by atoms with Crippen LogP contribution in [-0.2, 0) is 0 Å². The van der Waals surface area contributed by atoms with Gasteiger partial charge in [-0.25, -0.2) is 4.79 Å². The first kappa shape index (κ1) is 16.6. The molecule has 0 saturated carbocycles. The van der Waals surface area contributed by atoms with Gasteiger partial charge in [0.1, 0.15) is 11.3 Å². The number of rotatable bonds is 2. The predicted molar refractivity (Wildman–Crippen MR) is 102 cm³/mol. The van der Waals surface area contributed by atoms with Crippen LogP contribution >= 0.6 is 23.2 Å². The maximum Gasteiger partial charge on any atom is 0.336 e. The molecule has 6 heteroatoms. The van der Waals surface area contributed by atoms with E-state index in [-0.39, 0.29) is 16.0 Å². The fourth-order valence-corrected chi connectivity index (χ4v) is 3.38. The summed E-state index contributed by atoms with van der Waals surface area (Å²) < 4.78 is 5.83. The third kappa shape index (κ3) is 2.64. The molecular weight excluding hydrogens is 375 g/mol. The van der Waals surface area contributed by atoms with E-state index in [1.807, 2.05) is 0 Å². The van der Waals surface area contributed by atoms with E-state index in [4.69, 9.17) is 27.6 Å². The minimum Gasteiger partial charge on any atom is -0.478 e. The molecule has 1 heterocycles. The van der Waals surface area contributed by atoms with Gasteiger partial charge in [-0.2, -0.15) is 0 Å². The van der Waals surface area contributed by atoms with E-state index in [0.717, 1.165) is 0 Å². The van der Waals surface area contributed by atoms with Gasteiger partial charge in [-0.3, -0.25) is 4.79 Å². The summed E-state index contributed by atoms with van der Waals surface area (Å²) in [5.74, 6) is -0.735. The third-order valence-electron chi connectivity index (χ3n) is 4.16. The maximum absolute atomic E-state index is 11.9. The van der Waals surface area contributed by atoms with Gasteiger partial charge >= 0.3 is 5.97 Å². The predicted octanol–water partition coefficient (Wildman–Crippen LogP) is 5.57. The molecule has 0 amide bonds. The van der Waals surface area contributed by atoms with Crippen molar-refractivity contribution >= 4 is 40.1 Å². The van der Waals surface area contributed by atoms with E-state index >= 15 is 0 Å². The van der Waals surface area contributed by atoms with E-state index < -0.39 is 5.97 Å². The Kier molecular flexibility index (Phi) is 3.94. The van der Waals surface area contributed by atoms with Gasteiger partial charge < -0.3 is 9.52 Å². The second kappa shape index (κ2) is 6.16. The van der Waals surface area contributed by atoms with Crippen molar-refractivity contribution in [1.82, 2.24) is 0 Å². The fourth-order valence-electron chi connectivity index (χ4n) is 3.04. The molecule has 26 heavy (non-hydrogen) atoms. The summed E-state index contributed by atoms with van der Waals surface area (Å²) in [6, 6.07) is 14.5. The van der Waals surface area contributed by atoms with Gasteiger partial charge in [-0.05, 0) is 35.9 Å². The lowest BCUT2D eigenvalue weighted by atomic mass is 9.91. The standard InChI is InChI=1S/C20H10Cl2O4/c21-10-5-6-17-13(7-10)19(11-3-1-2-4-12(11)20(24)25)14-8-15(22)16(23)9-18(14)26-17/h1-9H,(H,24,25). The molecule has 128 valence electrons. The van der Waals surface area contributed by atoms with Crippen LogP contribution in [0.4, 0.5) is 0 Å².